The summed E-state index contributed by atoms with van der Waals surface area (Å²) in [5.74, 6) is 2.33. The molecule has 3 aromatic rings. The first-order valence-electron chi connectivity index (χ1n) is 11.4. The van der Waals surface area contributed by atoms with Crippen LogP contribution in [0.15, 0.2) is 42.5 Å². The van der Waals surface area contributed by atoms with Crippen LogP contribution in [0.3, 0.4) is 0 Å². The van der Waals surface area contributed by atoms with E-state index in [4.69, 9.17) is 0 Å². The first-order valence-corrected chi connectivity index (χ1v) is 11.4. The molecule has 1 saturated heterocycles. The van der Waals surface area contributed by atoms with Crippen LogP contribution in [-0.4, -0.2) is 39.1 Å². The third-order valence-corrected chi connectivity index (χ3v) is 6.43. The van der Waals surface area contributed by atoms with Crippen molar-refractivity contribution in [3.63, 3.8) is 0 Å². The molecule has 2 aliphatic rings. The number of aromatic amines is 1. The lowest BCUT2D eigenvalue weighted by atomic mass is 9.98. The van der Waals surface area contributed by atoms with Gasteiger partial charge in [-0.2, -0.15) is 5.10 Å². The highest BCUT2D eigenvalue weighted by Crippen LogP contribution is 2.38. The molecule has 5 rings (SSSR count). The number of rotatable bonds is 6. The molecule has 170 valence electrons. The van der Waals surface area contributed by atoms with Gasteiger partial charge in [-0.25, -0.2) is 4.98 Å². The van der Waals surface area contributed by atoms with Crippen LogP contribution < -0.4 is 10.2 Å². The average Bonchev–Trinajstić information content (AvgIpc) is 3.56. The number of benzene rings is 2. The maximum Gasteiger partial charge on any atom is 0.270 e. The topological polar surface area (TPSA) is 117 Å². The predicted octanol–water partition coefficient (Wildman–Crippen LogP) is 4.75. The first-order chi connectivity index (χ1) is 16.0. The molecule has 2 N–H and O–H groups in total. The normalized spacial score (nSPS) is 16.6. The summed E-state index contributed by atoms with van der Waals surface area (Å²) in [5.41, 5.74) is 2.41. The quantitative estimate of drug-likeness (QED) is 0.417. The highest BCUT2D eigenvalue weighted by atomic mass is 16.6. The van der Waals surface area contributed by atoms with Crippen molar-refractivity contribution in [2.75, 3.05) is 23.3 Å². The lowest BCUT2D eigenvalue weighted by Crippen LogP contribution is -2.34. The van der Waals surface area contributed by atoms with Crippen molar-refractivity contribution in [1.82, 2.24) is 15.2 Å². The SMILES string of the molecule is CC1CCN(c2ccc([N+](=O)[O-])cc2C(=O)Nc2ccc(-c3n[nH]c(C4CC4)n3)cc2)CC1. The highest BCUT2D eigenvalue weighted by Gasteiger charge is 2.27. The fourth-order valence-corrected chi connectivity index (χ4v) is 4.19. The van der Waals surface area contributed by atoms with E-state index < -0.39 is 4.92 Å². The number of nitro groups is 1. The molecule has 2 aromatic carbocycles. The van der Waals surface area contributed by atoms with Crippen molar-refractivity contribution < 1.29 is 9.72 Å². The second-order valence-corrected chi connectivity index (χ2v) is 8.98. The molecular weight excluding hydrogens is 420 g/mol. The third kappa shape index (κ3) is 4.57. The van der Waals surface area contributed by atoms with E-state index in [2.05, 4.69) is 32.3 Å². The summed E-state index contributed by atoms with van der Waals surface area (Å²) >= 11 is 0. The largest absolute Gasteiger partial charge is 0.371 e. The Balaban J connectivity index is 1.35. The summed E-state index contributed by atoms with van der Waals surface area (Å²) in [6, 6.07) is 11.8. The van der Waals surface area contributed by atoms with Gasteiger partial charge in [-0.3, -0.25) is 20.0 Å². The van der Waals surface area contributed by atoms with Crippen molar-refractivity contribution in [1.29, 1.82) is 0 Å². The molecular formula is C24H26N6O3. The number of H-pyrrole nitrogens is 1. The summed E-state index contributed by atoms with van der Waals surface area (Å²) in [6.45, 7) is 3.87. The summed E-state index contributed by atoms with van der Waals surface area (Å²) in [5, 5.41) is 21.5. The van der Waals surface area contributed by atoms with Crippen molar-refractivity contribution in [2.45, 2.75) is 38.5 Å². The molecule has 9 heteroatoms. The van der Waals surface area contributed by atoms with Gasteiger partial charge in [0.05, 0.1) is 16.2 Å². The van der Waals surface area contributed by atoms with Crippen LogP contribution in [0.25, 0.3) is 11.4 Å². The van der Waals surface area contributed by atoms with Crippen LogP contribution in [0.1, 0.15) is 54.7 Å². The second kappa shape index (κ2) is 8.65. The van der Waals surface area contributed by atoms with Crippen LogP contribution in [0.5, 0.6) is 0 Å². The van der Waals surface area contributed by atoms with Gasteiger partial charge < -0.3 is 10.2 Å². The molecule has 9 nitrogen and oxygen atoms in total. The Hall–Kier alpha value is -3.75. The van der Waals surface area contributed by atoms with Gasteiger partial charge in [0.1, 0.15) is 5.82 Å². The average molecular weight is 447 g/mol. The lowest BCUT2D eigenvalue weighted by molar-refractivity contribution is -0.384. The molecule has 1 aliphatic carbocycles. The third-order valence-electron chi connectivity index (χ3n) is 6.43. The van der Waals surface area contributed by atoms with E-state index in [1.807, 2.05) is 12.1 Å². The van der Waals surface area contributed by atoms with Crippen molar-refractivity contribution >= 4 is 23.0 Å². The first kappa shape index (κ1) is 21.1. The van der Waals surface area contributed by atoms with E-state index >= 15 is 0 Å². The van der Waals surface area contributed by atoms with Crippen LogP contribution in [0.4, 0.5) is 17.1 Å². The molecule has 0 bridgehead atoms. The Morgan fingerprint density at radius 1 is 1.12 bits per heavy atom. The minimum atomic E-state index is -0.472. The van der Waals surface area contributed by atoms with Crippen LogP contribution in [0.2, 0.25) is 0 Å². The van der Waals surface area contributed by atoms with Crippen LogP contribution in [0, 0.1) is 16.0 Å². The number of aromatic nitrogens is 3. The number of hydrogen-bond acceptors (Lipinski definition) is 6. The number of piperidine rings is 1. The van der Waals surface area contributed by atoms with Crippen LogP contribution >= 0.6 is 0 Å². The number of amides is 1. The number of carbonyl (C=O) groups excluding carboxylic acids is 1. The van der Waals surface area contributed by atoms with E-state index in [9.17, 15) is 14.9 Å². The summed E-state index contributed by atoms with van der Waals surface area (Å²) < 4.78 is 0. The van der Waals surface area contributed by atoms with E-state index in [0.717, 1.165) is 55.8 Å². The van der Waals surface area contributed by atoms with Crippen molar-refractivity contribution in [3.05, 3.63) is 64.0 Å². The van der Waals surface area contributed by atoms with Gasteiger partial charge in [-0.05, 0) is 61.9 Å². The number of hydrogen-bond donors (Lipinski definition) is 2. The Morgan fingerprint density at radius 3 is 2.52 bits per heavy atom. The monoisotopic (exact) mass is 446 g/mol. The minimum absolute atomic E-state index is 0.0966. The molecule has 0 radical (unpaired) electrons. The van der Waals surface area contributed by atoms with Gasteiger partial charge in [-0.1, -0.05) is 6.92 Å². The van der Waals surface area contributed by atoms with Gasteiger partial charge in [0.2, 0.25) is 0 Å². The molecule has 2 heterocycles. The number of nitro benzene ring substituents is 1. The number of nitrogens with one attached hydrogen (secondary N) is 2. The van der Waals surface area contributed by atoms with Crippen molar-refractivity contribution in [2.24, 2.45) is 5.92 Å². The Kier molecular flexibility index (Phi) is 5.53. The molecule has 1 aromatic heterocycles. The molecule has 1 aliphatic heterocycles. The summed E-state index contributed by atoms with van der Waals surface area (Å²) in [4.78, 5) is 30.7. The lowest BCUT2D eigenvalue weighted by Gasteiger charge is -2.33. The van der Waals surface area contributed by atoms with Gasteiger partial charge in [0, 0.05) is 42.4 Å². The van der Waals surface area contributed by atoms with E-state index in [1.165, 1.54) is 12.1 Å². The zero-order chi connectivity index (χ0) is 22.9. The van der Waals surface area contributed by atoms with E-state index in [0.29, 0.717) is 28.9 Å². The molecule has 2 fully saturated rings. The predicted molar refractivity (Wildman–Crippen MR) is 125 cm³/mol. The van der Waals surface area contributed by atoms with E-state index in [1.54, 1.807) is 18.2 Å². The number of anilines is 2. The number of non-ortho nitro benzene ring substituents is 1. The molecule has 0 spiro atoms. The number of carbonyl (C=O) groups is 1. The van der Waals surface area contributed by atoms with Crippen LogP contribution in [-0.2, 0) is 0 Å². The van der Waals surface area contributed by atoms with Crippen molar-refractivity contribution in [3.8, 4) is 11.4 Å². The second-order valence-electron chi connectivity index (χ2n) is 8.98. The Bertz CT molecular complexity index is 1180. The smallest absolute Gasteiger partial charge is 0.270 e. The number of nitrogens with zero attached hydrogens (tertiary/aromatic N) is 4. The summed E-state index contributed by atoms with van der Waals surface area (Å²) in [7, 11) is 0. The Morgan fingerprint density at radius 2 is 1.85 bits per heavy atom. The van der Waals surface area contributed by atoms with Gasteiger partial charge in [0.25, 0.3) is 11.6 Å². The van der Waals surface area contributed by atoms with Gasteiger partial charge in [-0.15, -0.1) is 0 Å². The zero-order valence-electron chi connectivity index (χ0n) is 18.5. The van der Waals surface area contributed by atoms with Gasteiger partial charge >= 0.3 is 0 Å². The maximum atomic E-state index is 13.2. The molecule has 0 unspecified atom stereocenters. The molecule has 1 amide bonds. The zero-order valence-corrected chi connectivity index (χ0v) is 18.5. The van der Waals surface area contributed by atoms with E-state index in [-0.39, 0.29) is 11.6 Å². The molecule has 0 atom stereocenters. The van der Waals surface area contributed by atoms with Gasteiger partial charge in [0.15, 0.2) is 5.82 Å². The fourth-order valence-electron chi connectivity index (χ4n) is 4.19. The highest BCUT2D eigenvalue weighted by molar-refractivity contribution is 6.08. The minimum Gasteiger partial charge on any atom is -0.371 e. The summed E-state index contributed by atoms with van der Waals surface area (Å²) in [6.07, 6.45) is 4.36. The fraction of sp³-hybridized carbons (Fsp3) is 0.375. The molecule has 1 saturated carbocycles. The maximum absolute atomic E-state index is 13.2. The molecule has 33 heavy (non-hydrogen) atoms. The standard InChI is InChI=1S/C24H26N6O3/c1-15-10-12-29(13-11-15)21-9-8-19(30(32)33)14-20(21)24(31)25-18-6-4-17(5-7-18)23-26-22(27-28-23)16-2-3-16/h4-9,14-16H,2-3,10-13H2,1H3,(H,25,31)(H,26,27,28). The Labute approximate surface area is 191 Å².